The van der Waals surface area contributed by atoms with Gasteiger partial charge in [-0.1, -0.05) is 6.07 Å². The number of carbonyl (C=O) groups excluding carboxylic acids is 1. The number of ether oxygens (including phenoxy) is 1. The summed E-state index contributed by atoms with van der Waals surface area (Å²) in [6.07, 6.45) is 5.58. The molecule has 3 rings (SSSR count). The minimum Gasteiger partial charge on any atom is -0.375 e. The molecule has 1 atom stereocenters. The number of carbonyl (C=O) groups is 1. The van der Waals surface area contributed by atoms with Crippen LogP contribution >= 0.6 is 0 Å². The van der Waals surface area contributed by atoms with E-state index in [1.54, 1.807) is 6.20 Å². The van der Waals surface area contributed by atoms with E-state index in [0.29, 0.717) is 12.3 Å². The maximum Gasteiger partial charge on any atom is 0.201 e. The Kier molecular flexibility index (Phi) is 3.84. The van der Waals surface area contributed by atoms with Gasteiger partial charge in [-0.15, -0.1) is 0 Å². The smallest absolute Gasteiger partial charge is 0.201 e. The van der Waals surface area contributed by atoms with Crippen molar-refractivity contribution in [3.8, 4) is 0 Å². The molecule has 4 nitrogen and oxygen atoms in total. The summed E-state index contributed by atoms with van der Waals surface area (Å²) in [6, 6.07) is 5.58. The predicted molar refractivity (Wildman–Crippen MR) is 81.4 cm³/mol. The van der Waals surface area contributed by atoms with E-state index in [9.17, 15) is 4.79 Å². The molecule has 4 heteroatoms. The molecule has 0 bridgehead atoms. The second-order valence-electron chi connectivity index (χ2n) is 6.80. The van der Waals surface area contributed by atoms with E-state index in [1.807, 2.05) is 18.2 Å². The van der Waals surface area contributed by atoms with Crippen LogP contribution < -0.4 is 0 Å². The Morgan fingerprint density at radius 1 is 1.29 bits per heavy atom. The lowest BCUT2D eigenvalue weighted by Gasteiger charge is -2.48. The van der Waals surface area contributed by atoms with E-state index in [2.05, 4.69) is 23.7 Å². The molecule has 114 valence electrons. The maximum absolute atomic E-state index is 13.2. The van der Waals surface area contributed by atoms with Crippen LogP contribution in [0.3, 0.4) is 0 Å². The van der Waals surface area contributed by atoms with Crippen LogP contribution in [0.4, 0.5) is 0 Å². The molecule has 0 aromatic carbocycles. The van der Waals surface area contributed by atoms with Crippen molar-refractivity contribution in [1.29, 1.82) is 0 Å². The van der Waals surface area contributed by atoms with E-state index in [4.69, 9.17) is 4.74 Å². The second-order valence-corrected chi connectivity index (χ2v) is 6.80. The Balaban J connectivity index is 1.98. The molecular formula is C17H24N2O2. The van der Waals surface area contributed by atoms with Crippen LogP contribution in [-0.4, -0.2) is 46.5 Å². The van der Waals surface area contributed by atoms with Gasteiger partial charge in [0.05, 0.1) is 11.1 Å². The Hall–Kier alpha value is -1.26. The summed E-state index contributed by atoms with van der Waals surface area (Å²) in [7, 11) is 0. The van der Waals surface area contributed by atoms with Crippen LogP contribution in [0, 0.1) is 0 Å². The highest BCUT2D eigenvalue weighted by Gasteiger charge is 2.51. The van der Waals surface area contributed by atoms with Crippen molar-refractivity contribution in [2.24, 2.45) is 0 Å². The highest BCUT2D eigenvalue weighted by atomic mass is 16.5. The molecule has 0 N–H and O–H groups in total. The molecule has 2 aliphatic rings. The van der Waals surface area contributed by atoms with Crippen molar-refractivity contribution in [2.45, 2.75) is 50.7 Å². The number of aromatic nitrogens is 1. The largest absolute Gasteiger partial charge is 0.375 e. The molecule has 1 aromatic rings. The molecule has 3 heterocycles. The quantitative estimate of drug-likeness (QED) is 0.802. The summed E-state index contributed by atoms with van der Waals surface area (Å²) >= 11 is 0. The first kappa shape index (κ1) is 14.7. The summed E-state index contributed by atoms with van der Waals surface area (Å²) < 4.78 is 5.87. The number of rotatable bonds is 3. The van der Waals surface area contributed by atoms with Gasteiger partial charge in [-0.2, -0.15) is 0 Å². The number of ketones is 1. The first-order valence-corrected chi connectivity index (χ1v) is 7.88. The van der Waals surface area contributed by atoms with E-state index in [0.717, 1.165) is 25.9 Å². The molecule has 0 aliphatic carbocycles. The molecule has 0 amide bonds. The summed E-state index contributed by atoms with van der Waals surface area (Å²) in [4.78, 5) is 19.9. The third kappa shape index (κ3) is 2.74. The van der Waals surface area contributed by atoms with E-state index in [-0.39, 0.29) is 11.4 Å². The van der Waals surface area contributed by atoms with Crippen LogP contribution in [0.1, 0.15) is 50.0 Å². The van der Waals surface area contributed by atoms with Gasteiger partial charge < -0.3 is 4.74 Å². The van der Waals surface area contributed by atoms with Crippen LogP contribution in [0.2, 0.25) is 0 Å². The molecule has 2 saturated heterocycles. The summed E-state index contributed by atoms with van der Waals surface area (Å²) in [5.74, 6) is 0.168. The number of likely N-dealkylation sites (tertiary alicyclic amines) is 1. The fourth-order valence-electron chi connectivity index (χ4n) is 3.83. The zero-order valence-electron chi connectivity index (χ0n) is 13.0. The summed E-state index contributed by atoms with van der Waals surface area (Å²) in [5, 5.41) is 0. The van der Waals surface area contributed by atoms with Gasteiger partial charge in [-0.25, -0.2) is 0 Å². The van der Waals surface area contributed by atoms with Gasteiger partial charge in [0, 0.05) is 19.2 Å². The molecule has 2 aliphatic heterocycles. The average Bonchev–Trinajstić information content (AvgIpc) is 3.01. The SMILES string of the molecule is CC1(C)CC(C(=O)c2ccccn2)(N2CCCC2)CCO1. The number of pyridine rings is 1. The highest BCUT2D eigenvalue weighted by Crippen LogP contribution is 2.40. The van der Waals surface area contributed by atoms with Gasteiger partial charge in [0.15, 0.2) is 0 Å². The van der Waals surface area contributed by atoms with Gasteiger partial charge >= 0.3 is 0 Å². The first-order valence-electron chi connectivity index (χ1n) is 7.88. The Labute approximate surface area is 126 Å². The van der Waals surface area contributed by atoms with Crippen LogP contribution in [0.25, 0.3) is 0 Å². The fraction of sp³-hybridized carbons (Fsp3) is 0.647. The first-order chi connectivity index (χ1) is 10.0. The Bertz CT molecular complexity index is 509. The van der Waals surface area contributed by atoms with Crippen molar-refractivity contribution in [2.75, 3.05) is 19.7 Å². The molecule has 1 unspecified atom stereocenters. The standard InChI is InChI=1S/C17H24N2O2/c1-16(2)13-17(8-12-21-16,19-10-5-6-11-19)15(20)14-7-3-4-9-18-14/h3-4,7,9H,5-6,8,10-13H2,1-2H3. The maximum atomic E-state index is 13.2. The lowest BCUT2D eigenvalue weighted by Crippen LogP contribution is -2.60. The zero-order valence-corrected chi connectivity index (χ0v) is 13.0. The van der Waals surface area contributed by atoms with Crippen LogP contribution in [0.15, 0.2) is 24.4 Å². The van der Waals surface area contributed by atoms with Gasteiger partial charge in [0.1, 0.15) is 5.69 Å². The molecule has 1 aromatic heterocycles. The normalized spacial score (nSPS) is 29.4. The van der Waals surface area contributed by atoms with Crippen molar-refractivity contribution in [3.05, 3.63) is 30.1 Å². The minimum absolute atomic E-state index is 0.168. The molecule has 0 saturated carbocycles. The van der Waals surface area contributed by atoms with Gasteiger partial charge in [0.25, 0.3) is 0 Å². The molecule has 0 radical (unpaired) electrons. The van der Waals surface area contributed by atoms with Gasteiger partial charge in [-0.3, -0.25) is 14.7 Å². The number of nitrogens with zero attached hydrogens (tertiary/aromatic N) is 2. The predicted octanol–water partition coefficient (Wildman–Crippen LogP) is 2.69. The van der Waals surface area contributed by atoms with Crippen LogP contribution in [0.5, 0.6) is 0 Å². The van der Waals surface area contributed by atoms with E-state index in [1.165, 1.54) is 12.8 Å². The monoisotopic (exact) mass is 288 g/mol. The van der Waals surface area contributed by atoms with Crippen molar-refractivity contribution in [3.63, 3.8) is 0 Å². The highest BCUT2D eigenvalue weighted by molar-refractivity contribution is 6.02. The van der Waals surface area contributed by atoms with Crippen molar-refractivity contribution < 1.29 is 9.53 Å². The fourth-order valence-corrected chi connectivity index (χ4v) is 3.83. The van der Waals surface area contributed by atoms with Crippen molar-refractivity contribution >= 4 is 5.78 Å². The average molecular weight is 288 g/mol. The number of hydrogen-bond donors (Lipinski definition) is 0. The topological polar surface area (TPSA) is 42.4 Å². The van der Waals surface area contributed by atoms with E-state index >= 15 is 0 Å². The Morgan fingerprint density at radius 2 is 2.05 bits per heavy atom. The summed E-state index contributed by atoms with van der Waals surface area (Å²) in [6.45, 7) is 6.83. The number of Topliss-reactive ketones (excluding diaryl/α,β-unsaturated/α-hetero) is 1. The van der Waals surface area contributed by atoms with Crippen molar-refractivity contribution in [1.82, 2.24) is 9.88 Å². The molecular weight excluding hydrogens is 264 g/mol. The Morgan fingerprint density at radius 3 is 2.67 bits per heavy atom. The lowest BCUT2D eigenvalue weighted by atomic mass is 9.76. The van der Waals surface area contributed by atoms with E-state index < -0.39 is 5.54 Å². The zero-order chi connectivity index (χ0) is 14.9. The van der Waals surface area contributed by atoms with Crippen LogP contribution in [-0.2, 0) is 4.74 Å². The van der Waals surface area contributed by atoms with Gasteiger partial charge in [-0.05, 0) is 58.3 Å². The molecule has 0 spiro atoms. The second kappa shape index (κ2) is 5.50. The third-order valence-electron chi connectivity index (χ3n) is 4.76. The lowest BCUT2D eigenvalue weighted by molar-refractivity contribution is -0.104. The summed E-state index contributed by atoms with van der Waals surface area (Å²) in [5.41, 5.74) is -0.111. The van der Waals surface area contributed by atoms with Gasteiger partial charge in [0.2, 0.25) is 5.78 Å². The minimum atomic E-state index is -0.438. The molecule has 2 fully saturated rings. The third-order valence-corrected chi connectivity index (χ3v) is 4.76. The molecule has 21 heavy (non-hydrogen) atoms. The number of hydrogen-bond acceptors (Lipinski definition) is 4.